The third kappa shape index (κ3) is 2.66. The minimum Gasteiger partial charge on any atom is -0.481 e. The van der Waals surface area contributed by atoms with Gasteiger partial charge in [0.1, 0.15) is 11.1 Å². The first kappa shape index (κ1) is 15.4. The van der Waals surface area contributed by atoms with E-state index in [0.29, 0.717) is 18.7 Å². The van der Waals surface area contributed by atoms with Crippen LogP contribution in [0.5, 0.6) is 0 Å². The number of pyridine rings is 1. The predicted molar refractivity (Wildman–Crippen MR) is 84.2 cm³/mol. The number of likely N-dealkylation sites (tertiary alicyclic amines) is 1. The van der Waals surface area contributed by atoms with E-state index in [1.165, 1.54) is 7.11 Å². The maximum absolute atomic E-state index is 12.8. The van der Waals surface area contributed by atoms with Gasteiger partial charge >= 0.3 is 5.97 Å². The zero-order valence-electron chi connectivity index (χ0n) is 12.9. The smallest absolute Gasteiger partial charge is 0.313 e. The summed E-state index contributed by atoms with van der Waals surface area (Å²) in [5.41, 5.74) is -0.670. The Labute approximate surface area is 133 Å². The molecule has 2 aromatic rings. The van der Waals surface area contributed by atoms with Crippen molar-refractivity contribution in [2.45, 2.75) is 6.42 Å². The molecule has 1 fully saturated rings. The van der Waals surface area contributed by atoms with E-state index in [-0.39, 0.29) is 19.1 Å². The summed E-state index contributed by atoms with van der Waals surface area (Å²) in [6.45, 7) is 0.619. The van der Waals surface area contributed by atoms with E-state index in [4.69, 9.17) is 4.74 Å². The number of aromatic nitrogens is 1. The van der Waals surface area contributed by atoms with Gasteiger partial charge in [0.15, 0.2) is 0 Å². The highest BCUT2D eigenvalue weighted by Gasteiger charge is 2.46. The third-order valence-electron chi connectivity index (χ3n) is 4.39. The van der Waals surface area contributed by atoms with Crippen LogP contribution < -0.4 is 0 Å². The second kappa shape index (κ2) is 5.96. The lowest BCUT2D eigenvalue weighted by atomic mass is 9.88. The summed E-state index contributed by atoms with van der Waals surface area (Å²) in [6.07, 6.45) is 1.98. The highest BCUT2D eigenvalue weighted by atomic mass is 16.5. The van der Waals surface area contributed by atoms with Gasteiger partial charge in [-0.1, -0.05) is 24.3 Å². The molecule has 6 heteroatoms. The van der Waals surface area contributed by atoms with E-state index in [0.717, 1.165) is 10.8 Å². The number of hydrogen-bond donors (Lipinski definition) is 1. The van der Waals surface area contributed by atoms with Gasteiger partial charge in [-0.2, -0.15) is 0 Å². The van der Waals surface area contributed by atoms with Crippen LogP contribution in [0, 0.1) is 5.41 Å². The van der Waals surface area contributed by atoms with Crippen LogP contribution in [-0.2, 0) is 9.53 Å². The number of carboxylic acid groups (broad SMARTS) is 1. The summed E-state index contributed by atoms with van der Waals surface area (Å²) in [4.78, 5) is 30.2. The average molecular weight is 314 g/mol. The number of carbonyl (C=O) groups is 2. The zero-order valence-corrected chi connectivity index (χ0v) is 12.9. The molecule has 0 bridgehead atoms. The molecule has 1 aromatic carbocycles. The summed E-state index contributed by atoms with van der Waals surface area (Å²) >= 11 is 0. The first-order valence-corrected chi connectivity index (χ1v) is 7.43. The Morgan fingerprint density at radius 1 is 1.35 bits per heavy atom. The molecule has 0 spiro atoms. The maximum Gasteiger partial charge on any atom is 0.313 e. The Balaban J connectivity index is 1.91. The zero-order chi connectivity index (χ0) is 16.4. The second-order valence-corrected chi connectivity index (χ2v) is 5.88. The fraction of sp³-hybridized carbons (Fsp3) is 0.353. The second-order valence-electron chi connectivity index (χ2n) is 5.88. The molecule has 1 aliphatic heterocycles. The Hall–Kier alpha value is -2.47. The van der Waals surface area contributed by atoms with Gasteiger partial charge in [-0.15, -0.1) is 0 Å². The summed E-state index contributed by atoms with van der Waals surface area (Å²) in [5.74, 6) is -1.17. The SMILES string of the molecule is COCC1(C(=O)O)CCN(C(=O)c2nccc3ccccc23)C1. The van der Waals surface area contributed by atoms with Crippen molar-refractivity contribution in [1.82, 2.24) is 9.88 Å². The highest BCUT2D eigenvalue weighted by molar-refractivity contribution is 6.05. The van der Waals surface area contributed by atoms with E-state index >= 15 is 0 Å². The molecule has 6 nitrogen and oxygen atoms in total. The normalized spacial score (nSPS) is 20.8. The lowest BCUT2D eigenvalue weighted by Crippen LogP contribution is -2.40. The lowest BCUT2D eigenvalue weighted by molar-refractivity contribution is -0.151. The van der Waals surface area contributed by atoms with Crippen LogP contribution in [0.2, 0.25) is 0 Å². The molecule has 1 amide bonds. The van der Waals surface area contributed by atoms with Gasteiger partial charge in [0.2, 0.25) is 0 Å². The van der Waals surface area contributed by atoms with Crippen LogP contribution in [0.1, 0.15) is 16.9 Å². The van der Waals surface area contributed by atoms with Gasteiger partial charge < -0.3 is 14.7 Å². The van der Waals surface area contributed by atoms with Crippen molar-refractivity contribution in [2.75, 3.05) is 26.8 Å². The summed E-state index contributed by atoms with van der Waals surface area (Å²) in [5, 5.41) is 11.2. The van der Waals surface area contributed by atoms with E-state index < -0.39 is 11.4 Å². The number of methoxy groups -OCH3 is 1. The molecule has 1 aromatic heterocycles. The molecule has 23 heavy (non-hydrogen) atoms. The average Bonchev–Trinajstić information content (AvgIpc) is 3.00. The fourth-order valence-electron chi connectivity index (χ4n) is 3.12. The molecule has 0 saturated carbocycles. The standard InChI is InChI=1S/C17H18N2O4/c1-23-11-17(16(21)22)7-9-19(10-17)15(20)14-13-5-3-2-4-12(13)6-8-18-14/h2-6,8H,7,9-11H2,1H3,(H,21,22). The number of nitrogens with zero attached hydrogens (tertiary/aromatic N) is 2. The van der Waals surface area contributed by atoms with E-state index in [9.17, 15) is 14.7 Å². The molecular formula is C17H18N2O4. The maximum atomic E-state index is 12.8. The van der Waals surface area contributed by atoms with Crippen LogP contribution in [0.4, 0.5) is 0 Å². The van der Waals surface area contributed by atoms with Crippen molar-refractivity contribution >= 4 is 22.6 Å². The summed E-state index contributed by atoms with van der Waals surface area (Å²) in [6, 6.07) is 9.38. The molecule has 1 unspecified atom stereocenters. The first-order valence-electron chi connectivity index (χ1n) is 7.43. The predicted octanol–water partition coefficient (Wildman–Crippen LogP) is 1.80. The summed E-state index contributed by atoms with van der Waals surface area (Å²) < 4.78 is 5.06. The van der Waals surface area contributed by atoms with Crippen molar-refractivity contribution in [3.8, 4) is 0 Å². The van der Waals surface area contributed by atoms with E-state index in [1.54, 1.807) is 11.1 Å². The van der Waals surface area contributed by atoms with Crippen molar-refractivity contribution in [3.63, 3.8) is 0 Å². The number of rotatable bonds is 4. The number of benzene rings is 1. The molecule has 1 atom stereocenters. The number of aliphatic carboxylic acids is 1. The number of fused-ring (bicyclic) bond motifs is 1. The van der Waals surface area contributed by atoms with E-state index in [1.807, 2.05) is 30.3 Å². The fourth-order valence-corrected chi connectivity index (χ4v) is 3.12. The lowest BCUT2D eigenvalue weighted by Gasteiger charge is -2.23. The van der Waals surface area contributed by atoms with Gasteiger partial charge in [0.05, 0.1) is 6.61 Å². The van der Waals surface area contributed by atoms with Crippen molar-refractivity contribution < 1.29 is 19.4 Å². The van der Waals surface area contributed by atoms with Crippen LogP contribution in [0.15, 0.2) is 36.5 Å². The van der Waals surface area contributed by atoms with Crippen molar-refractivity contribution in [2.24, 2.45) is 5.41 Å². The molecule has 1 N–H and O–H groups in total. The van der Waals surface area contributed by atoms with Gasteiger partial charge in [-0.05, 0) is 17.9 Å². The number of carboxylic acids is 1. The molecular weight excluding hydrogens is 296 g/mol. The van der Waals surface area contributed by atoms with Gasteiger partial charge in [-0.25, -0.2) is 0 Å². The summed E-state index contributed by atoms with van der Waals surface area (Å²) in [7, 11) is 1.47. The number of amides is 1. The third-order valence-corrected chi connectivity index (χ3v) is 4.39. The molecule has 3 rings (SSSR count). The molecule has 0 radical (unpaired) electrons. The Kier molecular flexibility index (Phi) is 4.00. The largest absolute Gasteiger partial charge is 0.481 e. The van der Waals surface area contributed by atoms with Gasteiger partial charge in [0.25, 0.3) is 5.91 Å². The van der Waals surface area contributed by atoms with E-state index in [2.05, 4.69) is 4.98 Å². The first-order chi connectivity index (χ1) is 11.1. The Morgan fingerprint density at radius 2 is 2.13 bits per heavy atom. The van der Waals surface area contributed by atoms with Crippen LogP contribution in [0.3, 0.4) is 0 Å². The van der Waals surface area contributed by atoms with Gasteiger partial charge in [0, 0.05) is 31.8 Å². The topological polar surface area (TPSA) is 79.7 Å². The monoisotopic (exact) mass is 314 g/mol. The molecule has 1 aliphatic rings. The molecule has 120 valence electrons. The number of carbonyl (C=O) groups excluding carboxylic acids is 1. The minimum absolute atomic E-state index is 0.0923. The molecule has 1 saturated heterocycles. The quantitative estimate of drug-likeness (QED) is 0.931. The van der Waals surface area contributed by atoms with Crippen LogP contribution >= 0.6 is 0 Å². The minimum atomic E-state index is -1.03. The molecule has 2 heterocycles. The van der Waals surface area contributed by atoms with Crippen molar-refractivity contribution in [3.05, 3.63) is 42.2 Å². The Bertz CT molecular complexity index is 756. The molecule has 0 aliphatic carbocycles. The Morgan fingerprint density at radius 3 is 2.87 bits per heavy atom. The van der Waals surface area contributed by atoms with Crippen molar-refractivity contribution in [1.29, 1.82) is 0 Å². The van der Waals surface area contributed by atoms with Crippen LogP contribution in [-0.4, -0.2) is 53.7 Å². The van der Waals surface area contributed by atoms with Gasteiger partial charge in [-0.3, -0.25) is 14.6 Å². The number of ether oxygens (including phenoxy) is 1. The van der Waals surface area contributed by atoms with Crippen LogP contribution in [0.25, 0.3) is 10.8 Å². The highest BCUT2D eigenvalue weighted by Crippen LogP contribution is 2.32. The number of hydrogen-bond acceptors (Lipinski definition) is 4.